The van der Waals surface area contributed by atoms with E-state index in [1.165, 1.54) is 19.6 Å². The molecule has 1 spiro atoms. The Bertz CT molecular complexity index is 1310. The van der Waals surface area contributed by atoms with Crippen molar-refractivity contribution < 1.29 is 53.1 Å². The number of ether oxygens (including phenoxy) is 4. The minimum Gasteiger partial charge on any atom is -0.472 e. The lowest BCUT2D eigenvalue weighted by Crippen LogP contribution is -2.73. The van der Waals surface area contributed by atoms with Crippen LogP contribution in [0.15, 0.2) is 23.0 Å². The highest BCUT2D eigenvalue weighted by Gasteiger charge is 2.99. The first-order valence-electron chi connectivity index (χ1n) is 13.4. The normalized spacial score (nSPS) is 55.3. The largest absolute Gasteiger partial charge is 0.472 e. The molecule has 11 nitrogen and oxygen atoms in total. The molecule has 6 aliphatic rings. The molecule has 212 valence electrons. The molecule has 1 aromatic heterocycles. The van der Waals surface area contributed by atoms with Crippen LogP contribution in [0.4, 0.5) is 0 Å². The smallest absolute Gasteiger partial charge is 0.335 e. The predicted octanol–water partition coefficient (Wildman–Crippen LogP) is 1.04. The van der Waals surface area contributed by atoms with Crippen LogP contribution in [0.25, 0.3) is 0 Å². The minimum atomic E-state index is -2.14. The lowest BCUT2D eigenvalue weighted by molar-refractivity contribution is -0.329. The van der Waals surface area contributed by atoms with Crippen LogP contribution >= 0.6 is 0 Å². The standard InChI is InChI=1S/C28H34O11/c1-22-12-25(33)20-27(34)14(24(25,3)17(22)16(30)19(31)35-4)6-8-23(2)18(13-7-9-37-11-13)38-15(29)10-26(23,27)39-28(20,36-5)21(22)32/h7,9,11,14,16-18,20,30,33-34H,6,8,10,12H2,1-5H3. The third kappa shape index (κ3) is 2.20. The summed E-state index contributed by atoms with van der Waals surface area (Å²) in [5, 5.41) is 37.3. The topological polar surface area (TPSA) is 162 Å². The maximum absolute atomic E-state index is 14.6. The van der Waals surface area contributed by atoms with Crippen molar-refractivity contribution in [2.24, 2.45) is 34.0 Å². The molecule has 11 heteroatoms. The number of esters is 2. The summed E-state index contributed by atoms with van der Waals surface area (Å²) in [6.45, 7) is 5.21. The van der Waals surface area contributed by atoms with Gasteiger partial charge in [-0.15, -0.1) is 0 Å². The number of fused-ring (bicyclic) bond motifs is 2. The zero-order valence-electron chi connectivity index (χ0n) is 22.6. The van der Waals surface area contributed by atoms with Crippen LogP contribution in [0.5, 0.6) is 0 Å². The number of methoxy groups -OCH3 is 2. The van der Waals surface area contributed by atoms with E-state index in [1.54, 1.807) is 19.9 Å². The molecule has 7 rings (SSSR count). The summed E-state index contributed by atoms with van der Waals surface area (Å²) in [6, 6.07) is 1.69. The fourth-order valence-electron chi connectivity index (χ4n) is 11.1. The van der Waals surface area contributed by atoms with Crippen molar-refractivity contribution in [1.29, 1.82) is 0 Å². The number of aliphatic hydroxyl groups is 3. The summed E-state index contributed by atoms with van der Waals surface area (Å²) in [4.78, 5) is 40.7. The van der Waals surface area contributed by atoms with Gasteiger partial charge in [0.1, 0.15) is 17.3 Å². The highest BCUT2D eigenvalue weighted by molar-refractivity contribution is 5.97. The van der Waals surface area contributed by atoms with Gasteiger partial charge in [0.2, 0.25) is 5.79 Å². The first-order valence-corrected chi connectivity index (χ1v) is 13.4. The highest BCUT2D eigenvalue weighted by Crippen LogP contribution is 2.87. The molecule has 3 heterocycles. The number of furan rings is 1. The second kappa shape index (κ2) is 6.94. The zero-order valence-corrected chi connectivity index (χ0v) is 22.6. The summed E-state index contributed by atoms with van der Waals surface area (Å²) >= 11 is 0. The molecule has 2 saturated heterocycles. The average molecular weight is 547 g/mol. The number of aliphatic hydroxyl groups excluding tert-OH is 1. The Morgan fingerprint density at radius 1 is 1.18 bits per heavy atom. The van der Waals surface area contributed by atoms with Crippen molar-refractivity contribution in [3.63, 3.8) is 0 Å². The van der Waals surface area contributed by atoms with E-state index in [2.05, 4.69) is 0 Å². The molecule has 0 aromatic carbocycles. The van der Waals surface area contributed by atoms with E-state index in [9.17, 15) is 29.7 Å². The molecular formula is C28H34O11. The molecule has 12 unspecified atom stereocenters. The van der Waals surface area contributed by atoms with Gasteiger partial charge in [-0.1, -0.05) is 20.8 Å². The number of cyclic esters (lactones) is 1. The first-order chi connectivity index (χ1) is 18.2. The summed E-state index contributed by atoms with van der Waals surface area (Å²) in [6.07, 6.45) is 0.562. The number of carbonyl (C=O) groups is 3. The molecule has 0 amide bonds. The number of Topliss-reactive ketones (excluding diaryl/α,β-unsaturated/α-hetero) is 1. The van der Waals surface area contributed by atoms with Crippen molar-refractivity contribution in [3.05, 3.63) is 24.2 Å². The second-order valence-electron chi connectivity index (χ2n) is 13.2. The average Bonchev–Trinajstić information content (AvgIpc) is 3.56. The van der Waals surface area contributed by atoms with Crippen LogP contribution in [-0.2, 0) is 33.3 Å². The van der Waals surface area contributed by atoms with Crippen LogP contribution in [0.1, 0.15) is 58.1 Å². The van der Waals surface area contributed by atoms with Gasteiger partial charge in [0.05, 0.1) is 37.6 Å². The number of hydrogen-bond acceptors (Lipinski definition) is 11. The number of hydrogen-bond donors (Lipinski definition) is 3. The summed E-state index contributed by atoms with van der Waals surface area (Å²) in [5.41, 5.74) is -8.71. The molecule has 4 aliphatic carbocycles. The molecule has 2 bridgehead atoms. The third-order valence-corrected chi connectivity index (χ3v) is 12.3. The maximum atomic E-state index is 14.6. The van der Waals surface area contributed by atoms with E-state index in [1.807, 2.05) is 6.92 Å². The molecule has 0 radical (unpaired) electrons. The molecule has 12 atom stereocenters. The molecule has 39 heavy (non-hydrogen) atoms. The number of ketones is 1. The van der Waals surface area contributed by atoms with E-state index < -0.39 is 86.5 Å². The van der Waals surface area contributed by atoms with Crippen LogP contribution in [0.2, 0.25) is 0 Å². The van der Waals surface area contributed by atoms with Crippen molar-refractivity contribution in [1.82, 2.24) is 0 Å². The van der Waals surface area contributed by atoms with E-state index >= 15 is 0 Å². The van der Waals surface area contributed by atoms with Gasteiger partial charge in [-0.25, -0.2) is 4.79 Å². The van der Waals surface area contributed by atoms with E-state index in [-0.39, 0.29) is 12.8 Å². The monoisotopic (exact) mass is 546 g/mol. The van der Waals surface area contributed by atoms with Crippen LogP contribution in [0.3, 0.4) is 0 Å². The quantitative estimate of drug-likeness (QED) is 0.463. The lowest BCUT2D eigenvalue weighted by atomic mass is 9.45. The molecule has 4 saturated carbocycles. The van der Waals surface area contributed by atoms with Crippen molar-refractivity contribution >= 4 is 17.7 Å². The second-order valence-corrected chi connectivity index (χ2v) is 13.2. The summed E-state index contributed by atoms with van der Waals surface area (Å²) in [7, 11) is 2.43. The summed E-state index contributed by atoms with van der Waals surface area (Å²) < 4.78 is 28.8. The highest BCUT2D eigenvalue weighted by atomic mass is 16.7. The zero-order chi connectivity index (χ0) is 28.2. The van der Waals surface area contributed by atoms with Crippen LogP contribution in [-0.4, -0.2) is 76.0 Å². The van der Waals surface area contributed by atoms with Crippen molar-refractivity contribution in [2.75, 3.05) is 14.2 Å². The number of carbonyl (C=O) groups excluding carboxylic acids is 3. The fraction of sp³-hybridized carbons (Fsp3) is 0.750. The first kappa shape index (κ1) is 25.6. The molecular weight excluding hydrogens is 512 g/mol. The van der Waals surface area contributed by atoms with Gasteiger partial charge < -0.3 is 38.7 Å². The van der Waals surface area contributed by atoms with Gasteiger partial charge in [0, 0.05) is 34.8 Å². The lowest BCUT2D eigenvalue weighted by Gasteiger charge is -2.63. The van der Waals surface area contributed by atoms with Crippen LogP contribution < -0.4 is 0 Å². The molecule has 2 aliphatic heterocycles. The Balaban J connectivity index is 1.54. The Labute approximate surface area is 224 Å². The van der Waals surface area contributed by atoms with Gasteiger partial charge >= 0.3 is 11.9 Å². The van der Waals surface area contributed by atoms with Gasteiger partial charge in [0.25, 0.3) is 0 Å². The minimum absolute atomic E-state index is 0.117. The van der Waals surface area contributed by atoms with Gasteiger partial charge in [-0.3, -0.25) is 9.59 Å². The Hall–Kier alpha value is -2.31. The molecule has 3 N–H and O–H groups in total. The maximum Gasteiger partial charge on any atom is 0.335 e. The van der Waals surface area contributed by atoms with E-state index in [0.717, 1.165) is 7.11 Å². The van der Waals surface area contributed by atoms with Crippen molar-refractivity contribution in [3.8, 4) is 0 Å². The summed E-state index contributed by atoms with van der Waals surface area (Å²) in [5.74, 6) is -7.45. The number of rotatable bonds is 4. The Morgan fingerprint density at radius 2 is 1.90 bits per heavy atom. The van der Waals surface area contributed by atoms with E-state index in [0.29, 0.717) is 18.4 Å². The Morgan fingerprint density at radius 3 is 2.51 bits per heavy atom. The molecule has 1 aromatic rings. The van der Waals surface area contributed by atoms with Crippen LogP contribution in [0, 0.1) is 34.0 Å². The third-order valence-electron chi connectivity index (χ3n) is 12.3. The van der Waals surface area contributed by atoms with E-state index in [4.69, 9.17) is 23.4 Å². The van der Waals surface area contributed by atoms with Gasteiger partial charge in [-0.2, -0.15) is 0 Å². The Kier molecular flexibility index (Phi) is 4.56. The SMILES string of the molecule is COC(=O)C(O)C1C2(C)CC3(O)C4C(OC)(OC56CC(=O)OC(c7ccoc7)C5(C)CCC(C13C)C46O)C2=O. The van der Waals surface area contributed by atoms with Gasteiger partial charge in [-0.05, 0) is 31.2 Å². The van der Waals surface area contributed by atoms with Crippen molar-refractivity contribution in [2.45, 2.75) is 81.3 Å². The molecule has 6 fully saturated rings. The predicted molar refractivity (Wildman–Crippen MR) is 127 cm³/mol. The fourth-order valence-corrected chi connectivity index (χ4v) is 11.1. The van der Waals surface area contributed by atoms with Gasteiger partial charge in [0.15, 0.2) is 11.9 Å².